The van der Waals surface area contributed by atoms with Crippen molar-refractivity contribution in [3.05, 3.63) is 59.7 Å². The van der Waals surface area contributed by atoms with Gasteiger partial charge in [-0.25, -0.2) is 9.59 Å². The molecule has 2 amide bonds. The summed E-state index contributed by atoms with van der Waals surface area (Å²) in [5.41, 5.74) is 3.14. The number of alkyl carbamates (subject to hydrolysis) is 1. The van der Waals surface area contributed by atoms with Crippen LogP contribution in [0.25, 0.3) is 11.1 Å². The summed E-state index contributed by atoms with van der Waals surface area (Å²) >= 11 is 0. The van der Waals surface area contributed by atoms with Crippen LogP contribution in [0, 0.1) is 0 Å². The molecule has 4 rings (SSSR count). The normalized spacial score (nSPS) is 17.4. The Morgan fingerprint density at radius 2 is 1.62 bits per heavy atom. The van der Waals surface area contributed by atoms with Crippen molar-refractivity contribution in [1.82, 2.24) is 10.6 Å². The summed E-state index contributed by atoms with van der Waals surface area (Å²) in [7, 11) is 1.41. The van der Waals surface area contributed by atoms with E-state index in [0.29, 0.717) is 12.8 Å². The molecule has 2 aliphatic carbocycles. The molecular formula is C24H26N2O6. The van der Waals surface area contributed by atoms with E-state index in [-0.39, 0.29) is 12.5 Å². The number of amides is 2. The SMILES string of the molecule is COC(C)C(NC(=O)OCC1c2ccccc2-c2ccccc21)C(=O)NC1(C(=O)O)CC1. The minimum Gasteiger partial charge on any atom is -0.480 e. The molecule has 2 aromatic carbocycles. The molecule has 0 radical (unpaired) electrons. The van der Waals surface area contributed by atoms with Gasteiger partial charge in [0.1, 0.15) is 18.2 Å². The number of carbonyl (C=O) groups is 3. The summed E-state index contributed by atoms with van der Waals surface area (Å²) in [6.07, 6.45) is -0.739. The molecule has 0 aliphatic heterocycles. The van der Waals surface area contributed by atoms with Crippen molar-refractivity contribution in [3.8, 4) is 11.1 Å². The number of aliphatic carboxylic acids is 1. The molecule has 0 bridgehead atoms. The third-order valence-electron chi connectivity index (χ3n) is 6.26. The van der Waals surface area contributed by atoms with E-state index < -0.39 is 35.7 Å². The number of rotatable bonds is 8. The van der Waals surface area contributed by atoms with E-state index in [0.717, 1.165) is 22.3 Å². The highest BCUT2D eigenvalue weighted by Crippen LogP contribution is 2.44. The van der Waals surface area contributed by atoms with Gasteiger partial charge in [0.2, 0.25) is 5.91 Å². The van der Waals surface area contributed by atoms with Gasteiger partial charge < -0.3 is 25.2 Å². The zero-order valence-electron chi connectivity index (χ0n) is 18.0. The monoisotopic (exact) mass is 438 g/mol. The summed E-state index contributed by atoms with van der Waals surface area (Å²) < 4.78 is 10.7. The topological polar surface area (TPSA) is 114 Å². The minimum absolute atomic E-state index is 0.106. The smallest absolute Gasteiger partial charge is 0.407 e. The van der Waals surface area contributed by atoms with Gasteiger partial charge in [-0.1, -0.05) is 48.5 Å². The number of nitrogens with one attached hydrogen (secondary N) is 2. The summed E-state index contributed by atoms with van der Waals surface area (Å²) in [5, 5.41) is 14.4. The Morgan fingerprint density at radius 3 is 2.12 bits per heavy atom. The number of carboxylic acids is 1. The molecule has 0 aromatic heterocycles. The minimum atomic E-state index is -1.26. The van der Waals surface area contributed by atoms with E-state index in [1.165, 1.54) is 7.11 Å². The lowest BCUT2D eigenvalue weighted by Gasteiger charge is -2.25. The number of carbonyl (C=O) groups excluding carboxylic acids is 2. The second-order valence-electron chi connectivity index (χ2n) is 8.26. The molecule has 2 unspecified atom stereocenters. The van der Waals surface area contributed by atoms with Crippen LogP contribution in [0.5, 0.6) is 0 Å². The van der Waals surface area contributed by atoms with Gasteiger partial charge in [-0.15, -0.1) is 0 Å². The van der Waals surface area contributed by atoms with Crippen molar-refractivity contribution in [2.45, 2.75) is 43.4 Å². The van der Waals surface area contributed by atoms with E-state index >= 15 is 0 Å². The number of ether oxygens (including phenoxy) is 2. The van der Waals surface area contributed by atoms with E-state index in [1.54, 1.807) is 6.92 Å². The van der Waals surface area contributed by atoms with Gasteiger partial charge in [-0.2, -0.15) is 0 Å². The van der Waals surface area contributed by atoms with Crippen LogP contribution in [0.3, 0.4) is 0 Å². The third kappa shape index (κ3) is 4.05. The van der Waals surface area contributed by atoms with Crippen LogP contribution in [0.4, 0.5) is 4.79 Å². The van der Waals surface area contributed by atoms with Crippen LogP contribution in [0.2, 0.25) is 0 Å². The molecule has 168 valence electrons. The van der Waals surface area contributed by atoms with E-state index in [1.807, 2.05) is 48.5 Å². The molecule has 3 N–H and O–H groups in total. The van der Waals surface area contributed by atoms with Crippen LogP contribution >= 0.6 is 0 Å². The van der Waals surface area contributed by atoms with Gasteiger partial charge in [-0.3, -0.25) is 4.79 Å². The van der Waals surface area contributed by atoms with E-state index in [2.05, 4.69) is 10.6 Å². The quantitative estimate of drug-likeness (QED) is 0.584. The first-order valence-corrected chi connectivity index (χ1v) is 10.6. The Kier molecular flexibility index (Phi) is 5.88. The molecule has 32 heavy (non-hydrogen) atoms. The standard InChI is InChI=1S/C24H26N2O6/c1-14(31-2)20(21(27)26-24(11-12-24)22(28)29)25-23(30)32-13-19-17-9-5-3-7-15(17)16-8-4-6-10-18(16)19/h3-10,14,19-20H,11-13H2,1-2H3,(H,25,30)(H,26,27)(H,28,29). The highest BCUT2D eigenvalue weighted by atomic mass is 16.5. The van der Waals surface area contributed by atoms with Crippen LogP contribution < -0.4 is 10.6 Å². The average Bonchev–Trinajstić information content (AvgIpc) is 3.51. The van der Waals surface area contributed by atoms with E-state index in [4.69, 9.17) is 9.47 Å². The van der Waals surface area contributed by atoms with Gasteiger partial charge in [0.25, 0.3) is 0 Å². The molecule has 1 saturated carbocycles. The molecule has 0 heterocycles. The molecule has 2 atom stereocenters. The van der Waals surface area contributed by atoms with E-state index in [9.17, 15) is 19.5 Å². The lowest BCUT2D eigenvalue weighted by molar-refractivity contribution is -0.144. The first kappa shape index (κ1) is 21.8. The predicted octanol–water partition coefficient (Wildman–Crippen LogP) is 2.66. The van der Waals surface area contributed by atoms with Crippen LogP contribution in [0.1, 0.15) is 36.8 Å². The fourth-order valence-electron chi connectivity index (χ4n) is 4.13. The Balaban J connectivity index is 1.43. The van der Waals surface area contributed by atoms with Crippen LogP contribution in [0.15, 0.2) is 48.5 Å². The van der Waals surface area contributed by atoms with Crippen molar-refractivity contribution in [3.63, 3.8) is 0 Å². The molecule has 0 spiro atoms. The lowest BCUT2D eigenvalue weighted by Crippen LogP contribution is -2.57. The van der Waals surface area contributed by atoms with Crippen molar-refractivity contribution in [1.29, 1.82) is 0 Å². The number of hydrogen-bond donors (Lipinski definition) is 3. The van der Waals surface area contributed by atoms with Crippen molar-refractivity contribution in [2.75, 3.05) is 13.7 Å². The maximum Gasteiger partial charge on any atom is 0.407 e. The summed E-state index contributed by atoms with van der Waals surface area (Å²) in [6.45, 7) is 1.73. The molecule has 2 aromatic rings. The van der Waals surface area contributed by atoms with Crippen molar-refractivity contribution >= 4 is 18.0 Å². The Morgan fingerprint density at radius 1 is 1.06 bits per heavy atom. The Labute approximate surface area is 185 Å². The molecular weight excluding hydrogens is 412 g/mol. The number of hydrogen-bond acceptors (Lipinski definition) is 5. The predicted molar refractivity (Wildman–Crippen MR) is 116 cm³/mol. The van der Waals surface area contributed by atoms with Gasteiger partial charge in [0, 0.05) is 13.0 Å². The van der Waals surface area contributed by atoms with Crippen molar-refractivity contribution < 1.29 is 29.0 Å². The largest absolute Gasteiger partial charge is 0.480 e. The summed E-state index contributed by atoms with van der Waals surface area (Å²) in [5.74, 6) is -1.81. The van der Waals surface area contributed by atoms with Gasteiger partial charge in [0.15, 0.2) is 0 Å². The van der Waals surface area contributed by atoms with Crippen LogP contribution in [-0.2, 0) is 19.1 Å². The zero-order valence-corrected chi connectivity index (χ0v) is 18.0. The second-order valence-corrected chi connectivity index (χ2v) is 8.26. The fourth-order valence-corrected chi connectivity index (χ4v) is 4.13. The van der Waals surface area contributed by atoms with Gasteiger partial charge >= 0.3 is 12.1 Å². The Bertz CT molecular complexity index is 1000. The number of benzene rings is 2. The lowest BCUT2D eigenvalue weighted by atomic mass is 9.98. The maximum atomic E-state index is 12.7. The Hall–Kier alpha value is -3.39. The zero-order chi connectivity index (χ0) is 22.9. The molecule has 0 saturated heterocycles. The number of carboxylic acid groups (broad SMARTS) is 1. The van der Waals surface area contributed by atoms with Crippen molar-refractivity contribution in [2.24, 2.45) is 0 Å². The molecule has 2 aliphatic rings. The fraction of sp³-hybridized carbons (Fsp3) is 0.375. The van der Waals surface area contributed by atoms with Gasteiger partial charge in [0.05, 0.1) is 6.10 Å². The third-order valence-corrected chi connectivity index (χ3v) is 6.26. The highest BCUT2D eigenvalue weighted by Gasteiger charge is 2.52. The average molecular weight is 438 g/mol. The first-order valence-electron chi connectivity index (χ1n) is 10.6. The summed E-state index contributed by atoms with van der Waals surface area (Å²) in [6, 6.07) is 14.9. The highest BCUT2D eigenvalue weighted by molar-refractivity contribution is 5.93. The molecule has 1 fully saturated rings. The van der Waals surface area contributed by atoms with Gasteiger partial charge in [-0.05, 0) is 42.0 Å². The number of fused-ring (bicyclic) bond motifs is 3. The van der Waals surface area contributed by atoms with Crippen LogP contribution in [-0.4, -0.2) is 54.5 Å². The second kappa shape index (κ2) is 8.63. The summed E-state index contributed by atoms with van der Waals surface area (Å²) in [4.78, 5) is 36.7. The molecule has 8 nitrogen and oxygen atoms in total. The number of methoxy groups -OCH3 is 1. The molecule has 8 heteroatoms. The maximum absolute atomic E-state index is 12.7. The first-order chi connectivity index (χ1) is 15.4.